The molecule has 0 aliphatic heterocycles. The third kappa shape index (κ3) is 58.9. The maximum absolute atomic E-state index is 13.5. The van der Waals surface area contributed by atoms with Gasteiger partial charge in [-0.3, -0.25) is 14.2 Å². The molecule has 0 fully saturated rings. The second-order valence-corrected chi connectivity index (χ2v) is 25.7. The number of esters is 1. The Morgan fingerprint density at radius 1 is 0.442 bits per heavy atom. The predicted molar refractivity (Wildman–Crippen MR) is 330 cm³/mol. The Morgan fingerprint density at radius 3 is 1.10 bits per heavy atom. The van der Waals surface area contributed by atoms with Crippen LogP contribution in [0.1, 0.15) is 342 Å². The number of amides is 1. The van der Waals surface area contributed by atoms with Gasteiger partial charge in [-0.15, -0.1) is 0 Å². The number of quaternary nitrogens is 1. The quantitative estimate of drug-likeness (QED) is 0.0212. The van der Waals surface area contributed by atoms with E-state index in [0.717, 1.165) is 57.8 Å². The number of phosphoric acid groups is 1. The minimum Gasteiger partial charge on any atom is -0.756 e. The van der Waals surface area contributed by atoms with Crippen molar-refractivity contribution < 1.29 is 37.3 Å². The molecule has 10 heteroatoms. The van der Waals surface area contributed by atoms with Crippen molar-refractivity contribution in [3.63, 3.8) is 0 Å². The molecule has 1 N–H and O–H groups in total. The Balaban J connectivity index is 5.08. The summed E-state index contributed by atoms with van der Waals surface area (Å²) in [6.45, 7) is 6.89. The van der Waals surface area contributed by atoms with Crippen molar-refractivity contribution in [2.24, 2.45) is 0 Å². The number of allylic oxidation sites excluding steroid dienone is 3. The molecule has 0 bridgehead atoms. The normalized spacial score (nSPS) is 13.7. The summed E-state index contributed by atoms with van der Waals surface area (Å²) in [4.78, 5) is 40.1. The summed E-state index contributed by atoms with van der Waals surface area (Å²) in [5.74, 6) is -0.524. The summed E-state index contributed by atoms with van der Waals surface area (Å²) in [6, 6.07) is -0.884. The van der Waals surface area contributed by atoms with Crippen molar-refractivity contribution in [2.45, 2.75) is 354 Å². The first-order valence-corrected chi connectivity index (χ1v) is 35.1. The van der Waals surface area contributed by atoms with Crippen LogP contribution >= 0.6 is 7.82 Å². The zero-order valence-electron chi connectivity index (χ0n) is 52.2. The molecule has 456 valence electrons. The molecule has 0 radical (unpaired) electrons. The van der Waals surface area contributed by atoms with E-state index in [2.05, 4.69) is 38.2 Å². The number of ether oxygens (including phenoxy) is 1. The molecular formula is C67H131N2O7P. The van der Waals surface area contributed by atoms with E-state index in [0.29, 0.717) is 17.4 Å². The van der Waals surface area contributed by atoms with Gasteiger partial charge in [-0.25, -0.2) is 0 Å². The van der Waals surface area contributed by atoms with E-state index in [4.69, 9.17) is 13.8 Å². The van der Waals surface area contributed by atoms with Crippen LogP contribution in [-0.4, -0.2) is 69.4 Å². The van der Waals surface area contributed by atoms with Crippen LogP contribution in [0.5, 0.6) is 0 Å². The first-order valence-electron chi connectivity index (χ1n) is 33.6. The lowest BCUT2D eigenvalue weighted by atomic mass is 10.0. The van der Waals surface area contributed by atoms with Crippen LogP contribution in [0.2, 0.25) is 0 Å². The van der Waals surface area contributed by atoms with Gasteiger partial charge in [0.15, 0.2) is 0 Å². The van der Waals surface area contributed by atoms with Crippen molar-refractivity contribution in [1.82, 2.24) is 5.32 Å². The Morgan fingerprint density at radius 2 is 0.753 bits per heavy atom. The molecule has 0 rings (SSSR count). The fourth-order valence-corrected chi connectivity index (χ4v) is 10.9. The molecule has 0 aromatic rings. The van der Waals surface area contributed by atoms with Crippen LogP contribution in [0, 0.1) is 0 Å². The monoisotopic (exact) mass is 1110 g/mol. The number of hydrogen-bond acceptors (Lipinski definition) is 7. The van der Waals surface area contributed by atoms with Crippen molar-refractivity contribution in [2.75, 3.05) is 40.9 Å². The number of likely N-dealkylation sites (N-methyl/N-ethyl adjacent to an activating group) is 1. The molecule has 0 aliphatic rings. The average molecular weight is 1110 g/mol. The number of carbonyl (C=O) groups is 2. The average Bonchev–Trinajstić information content (AvgIpc) is 3.39. The highest BCUT2D eigenvalue weighted by Crippen LogP contribution is 2.38. The molecule has 3 unspecified atom stereocenters. The summed E-state index contributed by atoms with van der Waals surface area (Å²) in [5, 5.41) is 3.04. The summed E-state index contributed by atoms with van der Waals surface area (Å²) >= 11 is 0. The molecule has 0 aromatic carbocycles. The van der Waals surface area contributed by atoms with E-state index in [1.54, 1.807) is 0 Å². The first-order chi connectivity index (χ1) is 37.4. The van der Waals surface area contributed by atoms with Crippen molar-refractivity contribution in [3.8, 4) is 0 Å². The second-order valence-electron chi connectivity index (χ2n) is 24.3. The van der Waals surface area contributed by atoms with Gasteiger partial charge in [0.2, 0.25) is 5.91 Å². The van der Waals surface area contributed by atoms with Gasteiger partial charge in [-0.05, 0) is 57.4 Å². The van der Waals surface area contributed by atoms with Crippen LogP contribution in [0.15, 0.2) is 24.3 Å². The summed E-state index contributed by atoms with van der Waals surface area (Å²) in [6.07, 6.45) is 68.7. The van der Waals surface area contributed by atoms with Crippen LogP contribution in [-0.2, 0) is 27.9 Å². The SMILES string of the molecule is CCCCCCCC/C=C/CCCCCCCCCCCC(=O)NC(COP(=O)([O-])OCC[N+](C)(C)C)C(/C=C/CCCCCCCCCCC)OC(=O)CCCCCCCCCCCCCCCCCCCCCCC. The number of unbranched alkanes of at least 4 members (excludes halogenated alkanes) is 44. The zero-order valence-corrected chi connectivity index (χ0v) is 53.1. The van der Waals surface area contributed by atoms with Gasteiger partial charge in [-0.2, -0.15) is 0 Å². The molecule has 77 heavy (non-hydrogen) atoms. The van der Waals surface area contributed by atoms with Crippen LogP contribution in [0.25, 0.3) is 0 Å². The molecule has 9 nitrogen and oxygen atoms in total. The van der Waals surface area contributed by atoms with Gasteiger partial charge >= 0.3 is 5.97 Å². The molecular weight excluding hydrogens is 976 g/mol. The maximum atomic E-state index is 13.5. The summed E-state index contributed by atoms with van der Waals surface area (Å²) in [7, 11) is 1.20. The van der Waals surface area contributed by atoms with Crippen molar-refractivity contribution >= 4 is 19.7 Å². The zero-order chi connectivity index (χ0) is 56.4. The van der Waals surface area contributed by atoms with Gasteiger partial charge in [0.05, 0.1) is 33.8 Å². The van der Waals surface area contributed by atoms with Crippen LogP contribution in [0.4, 0.5) is 0 Å². The first kappa shape index (κ1) is 75.5. The minimum absolute atomic E-state index is 0.0190. The second kappa shape index (κ2) is 57.7. The smallest absolute Gasteiger partial charge is 0.306 e. The van der Waals surface area contributed by atoms with Gasteiger partial charge in [0.1, 0.15) is 19.3 Å². The number of nitrogens with zero attached hydrogens (tertiary/aromatic N) is 1. The van der Waals surface area contributed by atoms with Crippen molar-refractivity contribution in [3.05, 3.63) is 24.3 Å². The topological polar surface area (TPSA) is 114 Å². The number of rotatable bonds is 62. The van der Waals surface area contributed by atoms with E-state index in [1.807, 2.05) is 33.3 Å². The molecule has 0 spiro atoms. The van der Waals surface area contributed by atoms with E-state index >= 15 is 0 Å². The molecule has 0 saturated carbocycles. The fraction of sp³-hybridized carbons (Fsp3) is 0.910. The minimum atomic E-state index is -4.69. The van der Waals surface area contributed by atoms with Gasteiger partial charge < -0.3 is 28.5 Å². The Labute approximate surface area is 479 Å². The Hall–Kier alpha value is -1.51. The number of hydrogen-bond donors (Lipinski definition) is 1. The predicted octanol–water partition coefficient (Wildman–Crippen LogP) is 20.3. The van der Waals surface area contributed by atoms with E-state index in [-0.39, 0.29) is 31.5 Å². The molecule has 0 aromatic heterocycles. The van der Waals surface area contributed by atoms with Crippen LogP contribution in [0.3, 0.4) is 0 Å². The fourth-order valence-electron chi connectivity index (χ4n) is 10.2. The maximum Gasteiger partial charge on any atom is 0.306 e. The van der Waals surface area contributed by atoms with Gasteiger partial charge in [-0.1, -0.05) is 296 Å². The summed E-state index contributed by atoms with van der Waals surface area (Å²) in [5.41, 5.74) is 0. The third-order valence-corrected chi connectivity index (χ3v) is 16.3. The van der Waals surface area contributed by atoms with Gasteiger partial charge in [0.25, 0.3) is 7.82 Å². The highest BCUT2D eigenvalue weighted by atomic mass is 31.2. The molecule has 0 saturated heterocycles. The van der Waals surface area contributed by atoms with Crippen LogP contribution < -0.4 is 10.2 Å². The number of carbonyl (C=O) groups excluding carboxylic acids is 2. The Bertz CT molecular complexity index is 1370. The molecule has 0 aliphatic carbocycles. The Kier molecular flexibility index (Phi) is 56.6. The van der Waals surface area contributed by atoms with E-state index in [1.165, 1.54) is 250 Å². The molecule has 3 atom stereocenters. The largest absolute Gasteiger partial charge is 0.756 e. The van der Waals surface area contributed by atoms with E-state index < -0.39 is 20.0 Å². The molecule has 0 heterocycles. The van der Waals surface area contributed by atoms with Crippen molar-refractivity contribution in [1.29, 1.82) is 0 Å². The molecule has 1 amide bonds. The lowest BCUT2D eigenvalue weighted by Gasteiger charge is -2.30. The summed E-state index contributed by atoms with van der Waals surface area (Å²) < 4.78 is 30.4. The highest BCUT2D eigenvalue weighted by molar-refractivity contribution is 7.45. The highest BCUT2D eigenvalue weighted by Gasteiger charge is 2.27. The lowest BCUT2D eigenvalue weighted by molar-refractivity contribution is -0.870. The number of nitrogens with one attached hydrogen (secondary N) is 1. The number of phosphoric ester groups is 1. The van der Waals surface area contributed by atoms with E-state index in [9.17, 15) is 19.0 Å². The standard InChI is InChI=1S/C67H131N2O7P/c1-7-10-13-16-19-22-25-27-29-31-33-34-36-38-40-42-45-48-51-54-57-60-67(71)76-65(58-55-52-49-46-43-24-21-18-15-12-9-3)64(63-75-77(72,73)74-62-61-69(4,5)6)68-66(70)59-56-53-50-47-44-41-39-37-35-32-30-28-26-23-20-17-14-11-8-2/h28,30,55,58,64-65H,7-27,29,31-54,56-57,59-63H2,1-6H3,(H-,68,70,72,73)/b30-28+,58-55+. The van der Waals surface area contributed by atoms with Gasteiger partial charge in [0, 0.05) is 12.8 Å². The third-order valence-electron chi connectivity index (χ3n) is 15.4. The lowest BCUT2D eigenvalue weighted by Crippen LogP contribution is -2.47.